The van der Waals surface area contributed by atoms with Crippen LogP contribution in [0.2, 0.25) is 0 Å². The van der Waals surface area contributed by atoms with E-state index in [1.54, 1.807) is 12.2 Å². The van der Waals surface area contributed by atoms with Crippen LogP contribution in [-0.2, 0) is 23.9 Å². The molecule has 8 nitrogen and oxygen atoms in total. The van der Waals surface area contributed by atoms with E-state index in [1.807, 2.05) is 13.0 Å². The number of ketones is 2. The molecule has 5 aliphatic rings. The van der Waals surface area contributed by atoms with Crippen LogP contribution in [0.25, 0.3) is 0 Å². The second-order valence-corrected chi connectivity index (χ2v) is 13.5. The van der Waals surface area contributed by atoms with Gasteiger partial charge in [-0.15, -0.1) is 0 Å². The second kappa shape index (κ2) is 11.2. The highest BCUT2D eigenvalue weighted by Gasteiger charge is 2.68. The summed E-state index contributed by atoms with van der Waals surface area (Å²) in [5.41, 5.74) is -1.90. The molecule has 0 bridgehead atoms. The van der Waals surface area contributed by atoms with Crippen molar-refractivity contribution in [3.05, 3.63) is 23.8 Å². The van der Waals surface area contributed by atoms with Crippen LogP contribution in [0, 0.1) is 34.5 Å². The largest absolute Gasteiger partial charge is 0.458 e. The molecule has 7 atom stereocenters. The number of rotatable bonds is 8. The molecule has 5 rings (SSSR count). The highest BCUT2D eigenvalue weighted by Crippen LogP contribution is 2.67. The van der Waals surface area contributed by atoms with E-state index in [9.17, 15) is 29.4 Å². The molecule has 40 heavy (non-hydrogen) atoms. The van der Waals surface area contributed by atoms with E-state index in [2.05, 4.69) is 12.2 Å². The van der Waals surface area contributed by atoms with Gasteiger partial charge in [0, 0.05) is 29.7 Å². The van der Waals surface area contributed by atoms with Crippen molar-refractivity contribution in [1.29, 1.82) is 0 Å². The van der Waals surface area contributed by atoms with Crippen molar-refractivity contribution in [2.24, 2.45) is 34.5 Å². The van der Waals surface area contributed by atoms with Crippen LogP contribution < -0.4 is 5.32 Å². The lowest BCUT2D eigenvalue weighted by Crippen LogP contribution is -2.61. The van der Waals surface area contributed by atoms with Crippen LogP contribution in [-0.4, -0.2) is 58.5 Å². The van der Waals surface area contributed by atoms with Crippen LogP contribution in [0.1, 0.15) is 90.9 Å². The topological polar surface area (TPSA) is 130 Å². The Hall–Kier alpha value is -2.32. The van der Waals surface area contributed by atoms with Gasteiger partial charge in [-0.1, -0.05) is 44.8 Å². The quantitative estimate of drug-likeness (QED) is 0.390. The van der Waals surface area contributed by atoms with Crippen molar-refractivity contribution in [3.63, 3.8) is 0 Å². The van der Waals surface area contributed by atoms with E-state index >= 15 is 0 Å². The predicted octanol–water partition coefficient (Wildman–Crippen LogP) is 3.59. The second-order valence-electron chi connectivity index (χ2n) is 13.5. The summed E-state index contributed by atoms with van der Waals surface area (Å²) in [4.78, 5) is 50.0. The van der Waals surface area contributed by atoms with Crippen LogP contribution in [0.3, 0.4) is 0 Å². The molecule has 0 unspecified atom stereocenters. The molecule has 0 radical (unpaired) electrons. The minimum absolute atomic E-state index is 0.00824. The highest BCUT2D eigenvalue weighted by molar-refractivity contribution is 6.01. The molecule has 0 aromatic carbocycles. The number of esters is 1. The number of carbonyl (C=O) groups excluding carboxylic acids is 4. The van der Waals surface area contributed by atoms with Gasteiger partial charge in [0.25, 0.3) is 0 Å². The summed E-state index contributed by atoms with van der Waals surface area (Å²) in [5, 5.41) is 26.2. The molecule has 0 aromatic rings. The standard InChI is InChI=1S/C32H45NO7/c1-30-14-12-22(34)16-21(30)8-9-23-24-13-15-32(39,31(24,2)17-25(35)29(23)30)26(36)19-40-28(38)11-10-27(37)33-18-20-6-4-3-5-7-20/h12,14,16,20,23-25,29,35,39H,3-11,13,15,17-19H2,1-2H3,(H,33,37)/t23-,24+,25-,29+,30+,31+,32+/m1/s1. The van der Waals surface area contributed by atoms with E-state index < -0.39 is 40.9 Å². The zero-order valence-electron chi connectivity index (χ0n) is 24.0. The molecule has 3 N–H and O–H groups in total. The number of nitrogens with one attached hydrogen (secondary N) is 1. The van der Waals surface area contributed by atoms with Crippen molar-refractivity contribution in [1.82, 2.24) is 5.32 Å². The van der Waals surface area contributed by atoms with Gasteiger partial charge in [-0.25, -0.2) is 0 Å². The van der Waals surface area contributed by atoms with Gasteiger partial charge in [-0.2, -0.15) is 0 Å². The third-order valence-electron chi connectivity index (χ3n) is 11.3. The maximum atomic E-state index is 13.4. The van der Waals surface area contributed by atoms with E-state index in [-0.39, 0.29) is 55.1 Å². The average molecular weight is 556 g/mol. The molecular weight excluding hydrogens is 510 g/mol. The number of hydrogen-bond donors (Lipinski definition) is 3. The monoisotopic (exact) mass is 555 g/mol. The van der Waals surface area contributed by atoms with Crippen molar-refractivity contribution in [3.8, 4) is 0 Å². The Labute approximate surface area is 237 Å². The van der Waals surface area contributed by atoms with E-state index in [0.29, 0.717) is 18.9 Å². The first-order valence-electron chi connectivity index (χ1n) is 15.3. The molecule has 0 heterocycles. The zero-order valence-corrected chi connectivity index (χ0v) is 24.0. The minimum Gasteiger partial charge on any atom is -0.458 e. The van der Waals surface area contributed by atoms with Crippen molar-refractivity contribution >= 4 is 23.4 Å². The van der Waals surface area contributed by atoms with Crippen molar-refractivity contribution in [2.45, 2.75) is 103 Å². The number of allylic oxidation sites excluding steroid dienone is 4. The van der Waals surface area contributed by atoms with Gasteiger partial charge in [-0.3, -0.25) is 19.2 Å². The molecule has 8 heteroatoms. The maximum Gasteiger partial charge on any atom is 0.306 e. The lowest BCUT2D eigenvalue weighted by atomic mass is 9.46. The van der Waals surface area contributed by atoms with Gasteiger partial charge in [0.05, 0.1) is 12.5 Å². The molecule has 0 saturated heterocycles. The number of aliphatic hydroxyl groups excluding tert-OH is 1. The first kappa shape index (κ1) is 29.2. The third-order valence-corrected chi connectivity index (χ3v) is 11.3. The summed E-state index contributed by atoms with van der Waals surface area (Å²) in [6, 6.07) is 0. The minimum atomic E-state index is -1.70. The third kappa shape index (κ3) is 5.11. The molecule has 5 aliphatic carbocycles. The zero-order chi connectivity index (χ0) is 28.7. The summed E-state index contributed by atoms with van der Waals surface area (Å²) < 4.78 is 5.24. The van der Waals surface area contributed by atoms with Gasteiger partial charge < -0.3 is 20.3 Å². The van der Waals surface area contributed by atoms with Crippen molar-refractivity contribution < 1.29 is 34.1 Å². The first-order valence-corrected chi connectivity index (χ1v) is 15.3. The van der Waals surface area contributed by atoms with Crippen LogP contribution in [0.15, 0.2) is 23.8 Å². The molecule has 0 spiro atoms. The fourth-order valence-electron chi connectivity index (χ4n) is 9.08. The normalized spacial score (nSPS) is 39.0. The number of Topliss-reactive ketones (excluding diaryl/α,β-unsaturated/α-hetero) is 1. The van der Waals surface area contributed by atoms with Gasteiger partial charge in [-0.05, 0) is 74.9 Å². The highest BCUT2D eigenvalue weighted by atomic mass is 16.5. The number of aliphatic hydroxyl groups is 2. The smallest absolute Gasteiger partial charge is 0.306 e. The maximum absolute atomic E-state index is 13.4. The van der Waals surface area contributed by atoms with Crippen LogP contribution in [0.4, 0.5) is 0 Å². The fourth-order valence-corrected chi connectivity index (χ4v) is 9.08. The van der Waals surface area contributed by atoms with E-state index in [1.165, 1.54) is 19.3 Å². The van der Waals surface area contributed by atoms with Crippen LogP contribution in [0.5, 0.6) is 0 Å². The Morgan fingerprint density at radius 3 is 2.58 bits per heavy atom. The number of hydrogen-bond acceptors (Lipinski definition) is 7. The number of ether oxygens (including phenoxy) is 1. The van der Waals surface area contributed by atoms with E-state index in [0.717, 1.165) is 31.3 Å². The van der Waals surface area contributed by atoms with Gasteiger partial charge >= 0.3 is 5.97 Å². The Balaban J connectivity index is 1.16. The van der Waals surface area contributed by atoms with Crippen LogP contribution >= 0.6 is 0 Å². The summed E-state index contributed by atoms with van der Waals surface area (Å²) in [5.74, 6) is -0.832. The molecule has 0 aromatic heterocycles. The first-order chi connectivity index (χ1) is 19.0. The SMILES string of the molecule is C[C@]12C=CC(=O)C=C1CC[C@H]1[C@H]2[C@H](O)C[C@@]2(C)[C@H]1CC[C@]2(O)C(=O)COC(=O)CCC(=O)NCC1CCCCC1. The Kier molecular flexibility index (Phi) is 8.14. The summed E-state index contributed by atoms with van der Waals surface area (Å²) >= 11 is 0. The molecule has 0 aliphatic heterocycles. The Morgan fingerprint density at radius 2 is 1.82 bits per heavy atom. The Morgan fingerprint density at radius 1 is 1.07 bits per heavy atom. The number of fused-ring (bicyclic) bond motifs is 5. The lowest BCUT2D eigenvalue weighted by Gasteiger charge is -2.59. The van der Waals surface area contributed by atoms with Gasteiger partial charge in [0.2, 0.25) is 11.7 Å². The van der Waals surface area contributed by atoms with Gasteiger partial charge in [0.1, 0.15) is 5.60 Å². The molecule has 4 saturated carbocycles. The molecule has 220 valence electrons. The summed E-state index contributed by atoms with van der Waals surface area (Å²) in [7, 11) is 0. The summed E-state index contributed by atoms with van der Waals surface area (Å²) in [6.07, 6.45) is 13.0. The van der Waals surface area contributed by atoms with E-state index in [4.69, 9.17) is 4.74 Å². The summed E-state index contributed by atoms with van der Waals surface area (Å²) in [6.45, 7) is 4.08. The Bertz CT molecular complexity index is 1110. The molecule has 1 amide bonds. The molecular formula is C32H45NO7. The van der Waals surface area contributed by atoms with Crippen molar-refractivity contribution in [2.75, 3.05) is 13.2 Å². The predicted molar refractivity (Wildman–Crippen MR) is 148 cm³/mol. The fraction of sp³-hybridized carbons (Fsp3) is 0.750. The average Bonchev–Trinajstić information content (AvgIpc) is 3.20. The van der Waals surface area contributed by atoms with Gasteiger partial charge in [0.15, 0.2) is 12.4 Å². The molecule has 4 fully saturated rings. The number of carbonyl (C=O) groups is 4. The number of amides is 1. The lowest BCUT2D eigenvalue weighted by molar-refractivity contribution is -0.181.